The van der Waals surface area contributed by atoms with Crippen molar-refractivity contribution in [1.29, 1.82) is 0 Å². The highest BCUT2D eigenvalue weighted by molar-refractivity contribution is 6.07. The number of nitrogens with zero attached hydrogens (tertiary/aromatic N) is 1. The molecule has 1 amide bonds. The van der Waals surface area contributed by atoms with Crippen LogP contribution in [-0.4, -0.2) is 17.7 Å². The van der Waals surface area contributed by atoms with Crippen molar-refractivity contribution in [3.63, 3.8) is 0 Å². The highest BCUT2D eigenvalue weighted by Gasteiger charge is 2.46. The van der Waals surface area contributed by atoms with E-state index >= 15 is 0 Å². The normalized spacial score (nSPS) is 22.9. The average molecular weight is 323 g/mol. The van der Waals surface area contributed by atoms with Crippen molar-refractivity contribution < 1.29 is 10.0 Å². The van der Waals surface area contributed by atoms with E-state index < -0.39 is 5.91 Å². The molecule has 0 aromatic heterocycles. The summed E-state index contributed by atoms with van der Waals surface area (Å²) in [6.07, 6.45) is 6.09. The summed E-state index contributed by atoms with van der Waals surface area (Å²) in [4.78, 5) is 11.9. The highest BCUT2D eigenvalue weighted by Crippen LogP contribution is 2.53. The van der Waals surface area contributed by atoms with Crippen LogP contribution < -0.4 is 10.4 Å². The minimum atomic E-state index is -0.451. The van der Waals surface area contributed by atoms with Gasteiger partial charge in [0.1, 0.15) is 6.54 Å². The molecule has 4 nitrogen and oxygen atoms in total. The lowest BCUT2D eigenvalue weighted by Crippen LogP contribution is -2.43. The van der Waals surface area contributed by atoms with Gasteiger partial charge in [-0.25, -0.2) is 5.21 Å². The van der Waals surface area contributed by atoms with Gasteiger partial charge in [0, 0.05) is 18.1 Å². The summed E-state index contributed by atoms with van der Waals surface area (Å²) < 4.78 is -0.211. The molecule has 24 heavy (non-hydrogen) atoms. The number of nitrogens with two attached hydrogens (primary N) is 1. The van der Waals surface area contributed by atoms with Gasteiger partial charge in [0.2, 0.25) is 5.91 Å². The molecule has 1 aliphatic heterocycles. The predicted molar refractivity (Wildman–Crippen MR) is 95.1 cm³/mol. The fourth-order valence-electron chi connectivity index (χ4n) is 4.41. The molecule has 1 unspecified atom stereocenters. The fourth-order valence-corrected chi connectivity index (χ4v) is 4.41. The van der Waals surface area contributed by atoms with Gasteiger partial charge in [-0.05, 0) is 25.0 Å². The molecule has 2 aliphatic rings. The van der Waals surface area contributed by atoms with Crippen LogP contribution >= 0.6 is 0 Å². The zero-order valence-electron chi connectivity index (χ0n) is 13.7. The van der Waals surface area contributed by atoms with Crippen LogP contribution in [0.4, 0.5) is 11.4 Å². The third kappa shape index (κ3) is 2.26. The van der Waals surface area contributed by atoms with Gasteiger partial charge in [-0.2, -0.15) is 0 Å². The van der Waals surface area contributed by atoms with E-state index in [-0.39, 0.29) is 4.65 Å². The molecule has 4 heteroatoms. The Balaban J connectivity index is 1.87. The maximum atomic E-state index is 11.9. The number of hydrogen-bond acceptors (Lipinski definition) is 2. The number of carbonyl (C=O) groups is 1. The lowest BCUT2D eigenvalue weighted by molar-refractivity contribution is -0.0358. The standard InChI is InChI=1S/C20H22N2O2/c21-20(23)16-10-6-12-18-19(16)15-9-4-5-11-17(15)22(18,24)13-14-7-2-1-3-8-14/h4-6,9-12,14,24H,1-3,7-8,13H2,(H-,21,23)/p+1. The second-order valence-electron chi connectivity index (χ2n) is 7.04. The van der Waals surface area contributed by atoms with Crippen molar-refractivity contribution in [2.75, 3.05) is 6.54 Å². The van der Waals surface area contributed by atoms with Crippen LogP contribution in [0, 0.1) is 5.92 Å². The summed E-state index contributed by atoms with van der Waals surface area (Å²) in [5, 5.41) is 11.6. The molecule has 0 spiro atoms. The third-order valence-corrected chi connectivity index (χ3v) is 5.53. The van der Waals surface area contributed by atoms with Crippen molar-refractivity contribution in [2.45, 2.75) is 32.1 Å². The Morgan fingerprint density at radius 2 is 1.75 bits per heavy atom. The Bertz CT molecular complexity index is 796. The summed E-state index contributed by atoms with van der Waals surface area (Å²) >= 11 is 0. The molecule has 3 N–H and O–H groups in total. The molecule has 1 heterocycles. The van der Waals surface area contributed by atoms with E-state index in [1.165, 1.54) is 19.3 Å². The van der Waals surface area contributed by atoms with Crippen LogP contribution in [0.5, 0.6) is 0 Å². The molecule has 1 saturated carbocycles. The minimum absolute atomic E-state index is 0.211. The summed E-state index contributed by atoms with van der Waals surface area (Å²) in [6, 6.07) is 13.3. The Labute approximate surface area is 142 Å². The molecule has 0 saturated heterocycles. The SMILES string of the molecule is NC(=O)c1cccc2c1-c1ccccc1[N+]2(O)CC1CCCCC1. The number of hydroxylamine groups is 1. The second kappa shape index (κ2) is 5.72. The second-order valence-corrected chi connectivity index (χ2v) is 7.04. The number of carbonyl (C=O) groups excluding carboxylic acids is 1. The fraction of sp³-hybridized carbons (Fsp3) is 0.350. The maximum absolute atomic E-state index is 11.9. The minimum Gasteiger partial charge on any atom is -0.366 e. The molecule has 4 rings (SSSR count). The molecule has 1 fully saturated rings. The molecular formula is C20H23N2O2+. The third-order valence-electron chi connectivity index (χ3n) is 5.53. The van der Waals surface area contributed by atoms with Crippen molar-refractivity contribution in [3.8, 4) is 11.1 Å². The zero-order valence-corrected chi connectivity index (χ0v) is 13.7. The molecular weight excluding hydrogens is 300 g/mol. The summed E-state index contributed by atoms with van der Waals surface area (Å²) in [6.45, 7) is 0.659. The highest BCUT2D eigenvalue weighted by atomic mass is 16.5. The number of hydrogen-bond donors (Lipinski definition) is 2. The van der Waals surface area contributed by atoms with Crippen molar-refractivity contribution in [1.82, 2.24) is 4.65 Å². The Kier molecular flexibility index (Phi) is 3.66. The first-order chi connectivity index (χ1) is 11.6. The van der Waals surface area contributed by atoms with E-state index in [1.54, 1.807) is 6.07 Å². The molecule has 124 valence electrons. The van der Waals surface area contributed by atoms with Gasteiger partial charge in [-0.3, -0.25) is 4.79 Å². The number of amides is 1. The van der Waals surface area contributed by atoms with Crippen LogP contribution in [0.3, 0.4) is 0 Å². The first-order valence-corrected chi connectivity index (χ1v) is 8.75. The van der Waals surface area contributed by atoms with E-state index in [0.717, 1.165) is 35.3 Å². The molecule has 0 bridgehead atoms. The lowest BCUT2D eigenvalue weighted by atomic mass is 9.88. The van der Waals surface area contributed by atoms with Gasteiger partial charge >= 0.3 is 0 Å². The molecule has 1 atom stereocenters. The number of para-hydroxylation sites is 1. The van der Waals surface area contributed by atoms with Gasteiger partial charge in [0.25, 0.3) is 0 Å². The van der Waals surface area contributed by atoms with E-state index in [2.05, 4.69) is 0 Å². The first kappa shape index (κ1) is 15.4. The number of quaternary nitrogens is 1. The smallest absolute Gasteiger partial charge is 0.249 e. The van der Waals surface area contributed by atoms with Gasteiger partial charge in [-0.15, -0.1) is 4.65 Å². The summed E-state index contributed by atoms with van der Waals surface area (Å²) in [7, 11) is 0. The molecule has 2 aromatic rings. The molecule has 1 aliphatic carbocycles. The van der Waals surface area contributed by atoms with Gasteiger partial charge in [0.05, 0.1) is 16.7 Å². The van der Waals surface area contributed by atoms with Crippen molar-refractivity contribution in [2.24, 2.45) is 11.7 Å². The largest absolute Gasteiger partial charge is 0.366 e. The predicted octanol–water partition coefficient (Wildman–Crippen LogP) is 4.37. The van der Waals surface area contributed by atoms with Crippen LogP contribution in [-0.2, 0) is 0 Å². The molecule has 0 radical (unpaired) electrons. The number of fused-ring (bicyclic) bond motifs is 3. The summed E-state index contributed by atoms with van der Waals surface area (Å²) in [5.74, 6) is 0.0489. The molecule has 2 aromatic carbocycles. The average Bonchev–Trinajstić information content (AvgIpc) is 2.85. The van der Waals surface area contributed by atoms with Crippen LogP contribution in [0.25, 0.3) is 11.1 Å². The van der Waals surface area contributed by atoms with E-state index in [0.29, 0.717) is 18.0 Å². The zero-order chi connectivity index (χ0) is 16.7. The monoisotopic (exact) mass is 323 g/mol. The van der Waals surface area contributed by atoms with Crippen LogP contribution in [0.2, 0.25) is 0 Å². The van der Waals surface area contributed by atoms with Crippen molar-refractivity contribution >= 4 is 17.3 Å². The number of rotatable bonds is 3. The van der Waals surface area contributed by atoms with E-state index in [4.69, 9.17) is 5.73 Å². The van der Waals surface area contributed by atoms with Crippen LogP contribution in [0.1, 0.15) is 42.5 Å². The van der Waals surface area contributed by atoms with Crippen molar-refractivity contribution in [3.05, 3.63) is 48.0 Å². The Morgan fingerprint density at radius 3 is 2.50 bits per heavy atom. The number of benzene rings is 2. The van der Waals surface area contributed by atoms with E-state index in [9.17, 15) is 10.0 Å². The maximum Gasteiger partial charge on any atom is 0.249 e. The Hall–Kier alpha value is -2.17. The topological polar surface area (TPSA) is 63.3 Å². The van der Waals surface area contributed by atoms with Gasteiger partial charge in [0.15, 0.2) is 11.4 Å². The quantitative estimate of drug-likeness (QED) is 0.824. The van der Waals surface area contributed by atoms with Crippen LogP contribution in [0.15, 0.2) is 42.5 Å². The first-order valence-electron chi connectivity index (χ1n) is 8.75. The lowest BCUT2D eigenvalue weighted by Gasteiger charge is -2.31. The van der Waals surface area contributed by atoms with Gasteiger partial charge < -0.3 is 5.73 Å². The summed E-state index contributed by atoms with van der Waals surface area (Å²) in [5.41, 5.74) is 9.41. The Morgan fingerprint density at radius 1 is 1.04 bits per heavy atom. The number of primary amides is 1. The van der Waals surface area contributed by atoms with Gasteiger partial charge in [-0.1, -0.05) is 37.5 Å². The van der Waals surface area contributed by atoms with E-state index in [1.807, 2.05) is 36.4 Å².